The van der Waals surface area contributed by atoms with Gasteiger partial charge in [0.1, 0.15) is 5.01 Å². The molecular weight excluding hydrogens is 187 g/mol. The first-order valence-corrected chi connectivity index (χ1v) is 5.14. The molecule has 1 aromatic rings. The molecule has 13 heavy (non-hydrogen) atoms. The lowest BCUT2D eigenvalue weighted by Gasteiger charge is -2.08. The average Bonchev–Trinajstić information content (AvgIpc) is 2.47. The Kier molecular flexibility index (Phi) is 3.39. The molecule has 1 aromatic heterocycles. The van der Waals surface area contributed by atoms with Crippen LogP contribution in [-0.2, 0) is 12.1 Å². The summed E-state index contributed by atoms with van der Waals surface area (Å²) in [5.74, 6) is 0. The zero-order valence-electron chi connectivity index (χ0n) is 8.22. The molecule has 0 spiro atoms. The number of nitrogens with one attached hydrogen (secondary N) is 1. The fourth-order valence-corrected chi connectivity index (χ4v) is 1.85. The van der Waals surface area contributed by atoms with E-state index >= 15 is 0 Å². The second kappa shape index (κ2) is 4.15. The molecule has 0 saturated heterocycles. The third kappa shape index (κ3) is 3.04. The van der Waals surface area contributed by atoms with Gasteiger partial charge in [-0.2, -0.15) is 0 Å². The largest absolute Gasteiger partial charge is 0.319 e. The van der Waals surface area contributed by atoms with E-state index in [1.807, 2.05) is 7.05 Å². The van der Waals surface area contributed by atoms with Crippen molar-refractivity contribution < 1.29 is 4.39 Å². The van der Waals surface area contributed by atoms with Crippen molar-refractivity contribution in [2.24, 2.45) is 0 Å². The molecule has 0 atom stereocenters. The molecule has 1 heterocycles. The summed E-state index contributed by atoms with van der Waals surface area (Å²) in [4.78, 5) is 5.19. The van der Waals surface area contributed by atoms with Gasteiger partial charge in [0.15, 0.2) is 5.67 Å². The predicted octanol–water partition coefficient (Wildman–Crippen LogP) is 2.11. The van der Waals surface area contributed by atoms with Crippen LogP contribution >= 0.6 is 11.3 Å². The van der Waals surface area contributed by atoms with Gasteiger partial charge in [0.05, 0.1) is 0 Å². The van der Waals surface area contributed by atoms with Crippen LogP contribution in [0, 0.1) is 0 Å². The number of nitrogens with zero attached hydrogens (tertiary/aromatic N) is 1. The molecule has 2 nitrogen and oxygen atoms in total. The second-order valence-electron chi connectivity index (χ2n) is 3.46. The van der Waals surface area contributed by atoms with Crippen molar-refractivity contribution in [2.75, 3.05) is 13.6 Å². The van der Waals surface area contributed by atoms with Crippen LogP contribution in [0.15, 0.2) is 6.20 Å². The fraction of sp³-hybridized carbons (Fsp3) is 0.667. The Morgan fingerprint density at radius 1 is 1.62 bits per heavy atom. The summed E-state index contributed by atoms with van der Waals surface area (Å²) >= 11 is 1.45. The first-order chi connectivity index (χ1) is 6.04. The highest BCUT2D eigenvalue weighted by atomic mass is 32.1. The highest BCUT2D eigenvalue weighted by Crippen LogP contribution is 2.28. The minimum absolute atomic E-state index is 0.568. The SMILES string of the molecule is CNCCc1cnc(C(C)(C)F)s1. The molecule has 1 N–H and O–H groups in total. The predicted molar refractivity (Wildman–Crippen MR) is 53.9 cm³/mol. The molecule has 1 rings (SSSR count). The third-order valence-electron chi connectivity index (χ3n) is 1.68. The third-order valence-corrected chi connectivity index (χ3v) is 3.04. The van der Waals surface area contributed by atoms with Gasteiger partial charge in [-0.1, -0.05) is 0 Å². The highest BCUT2D eigenvalue weighted by Gasteiger charge is 2.22. The molecule has 0 aromatic carbocycles. The summed E-state index contributed by atoms with van der Waals surface area (Å²) in [5.41, 5.74) is -1.30. The standard InChI is InChI=1S/C9H15FN2S/c1-9(2,10)8-12-6-7(13-8)4-5-11-3/h6,11H,4-5H2,1-3H3. The summed E-state index contributed by atoms with van der Waals surface area (Å²) in [6.45, 7) is 3.98. The summed E-state index contributed by atoms with van der Waals surface area (Å²) < 4.78 is 13.4. The fourth-order valence-electron chi connectivity index (χ4n) is 0.946. The first kappa shape index (κ1) is 10.6. The molecule has 0 unspecified atom stereocenters. The molecular formula is C9H15FN2S. The maximum absolute atomic E-state index is 13.4. The van der Waals surface area contributed by atoms with Gasteiger partial charge in [-0.25, -0.2) is 9.37 Å². The maximum Gasteiger partial charge on any atom is 0.156 e. The molecule has 0 aliphatic carbocycles. The van der Waals surface area contributed by atoms with Crippen LogP contribution < -0.4 is 5.32 Å². The van der Waals surface area contributed by atoms with Crippen LogP contribution in [-0.4, -0.2) is 18.6 Å². The van der Waals surface area contributed by atoms with Gasteiger partial charge in [0.25, 0.3) is 0 Å². The Bertz CT molecular complexity index is 265. The number of thiazole rings is 1. The van der Waals surface area contributed by atoms with Crippen molar-refractivity contribution in [3.63, 3.8) is 0 Å². The van der Waals surface area contributed by atoms with Gasteiger partial charge in [0.2, 0.25) is 0 Å². The topological polar surface area (TPSA) is 24.9 Å². The molecule has 0 aliphatic heterocycles. The van der Waals surface area contributed by atoms with E-state index in [9.17, 15) is 4.39 Å². The van der Waals surface area contributed by atoms with Crippen LogP contribution in [0.1, 0.15) is 23.7 Å². The van der Waals surface area contributed by atoms with Crippen LogP contribution in [0.5, 0.6) is 0 Å². The monoisotopic (exact) mass is 202 g/mol. The van der Waals surface area contributed by atoms with Crippen LogP contribution in [0.3, 0.4) is 0 Å². The van der Waals surface area contributed by atoms with Crippen molar-refractivity contribution >= 4 is 11.3 Å². The van der Waals surface area contributed by atoms with Crippen LogP contribution in [0.25, 0.3) is 0 Å². The summed E-state index contributed by atoms with van der Waals surface area (Å²) in [7, 11) is 1.90. The van der Waals surface area contributed by atoms with E-state index in [4.69, 9.17) is 0 Å². The lowest BCUT2D eigenvalue weighted by Crippen LogP contribution is -2.09. The van der Waals surface area contributed by atoms with E-state index in [2.05, 4.69) is 10.3 Å². The number of aromatic nitrogens is 1. The molecule has 0 amide bonds. The van der Waals surface area contributed by atoms with Gasteiger partial charge in [-0.15, -0.1) is 11.3 Å². The Morgan fingerprint density at radius 3 is 2.77 bits per heavy atom. The second-order valence-corrected chi connectivity index (χ2v) is 4.57. The Morgan fingerprint density at radius 2 is 2.31 bits per heavy atom. The van der Waals surface area contributed by atoms with Crippen molar-refractivity contribution in [2.45, 2.75) is 25.9 Å². The van der Waals surface area contributed by atoms with E-state index in [0.29, 0.717) is 5.01 Å². The van der Waals surface area contributed by atoms with Gasteiger partial charge in [-0.3, -0.25) is 0 Å². The Hall–Kier alpha value is -0.480. The van der Waals surface area contributed by atoms with E-state index in [0.717, 1.165) is 17.8 Å². The number of likely N-dealkylation sites (N-methyl/N-ethyl adjacent to an activating group) is 1. The molecule has 0 bridgehead atoms. The van der Waals surface area contributed by atoms with E-state index < -0.39 is 5.67 Å². The minimum atomic E-state index is -1.30. The molecule has 0 saturated carbocycles. The normalized spacial score (nSPS) is 12.0. The number of alkyl halides is 1. The maximum atomic E-state index is 13.4. The van der Waals surface area contributed by atoms with E-state index in [-0.39, 0.29) is 0 Å². The van der Waals surface area contributed by atoms with Crippen molar-refractivity contribution in [3.05, 3.63) is 16.1 Å². The number of hydrogen-bond acceptors (Lipinski definition) is 3. The minimum Gasteiger partial charge on any atom is -0.319 e. The summed E-state index contributed by atoms with van der Waals surface area (Å²) in [6.07, 6.45) is 2.68. The van der Waals surface area contributed by atoms with Crippen molar-refractivity contribution in [3.8, 4) is 0 Å². The van der Waals surface area contributed by atoms with Gasteiger partial charge in [0, 0.05) is 11.1 Å². The van der Waals surface area contributed by atoms with Crippen molar-refractivity contribution in [1.29, 1.82) is 0 Å². The first-order valence-electron chi connectivity index (χ1n) is 4.32. The number of hydrogen-bond donors (Lipinski definition) is 1. The highest BCUT2D eigenvalue weighted by molar-refractivity contribution is 7.11. The zero-order valence-corrected chi connectivity index (χ0v) is 9.04. The Balaban J connectivity index is 2.64. The quantitative estimate of drug-likeness (QED) is 0.809. The van der Waals surface area contributed by atoms with Crippen molar-refractivity contribution in [1.82, 2.24) is 10.3 Å². The smallest absolute Gasteiger partial charge is 0.156 e. The molecule has 4 heteroatoms. The number of halogens is 1. The van der Waals surface area contributed by atoms with E-state index in [1.165, 1.54) is 25.2 Å². The Labute approximate surface area is 82.2 Å². The average molecular weight is 202 g/mol. The van der Waals surface area contributed by atoms with Crippen LogP contribution in [0.4, 0.5) is 4.39 Å². The number of rotatable bonds is 4. The molecule has 74 valence electrons. The van der Waals surface area contributed by atoms with Crippen LogP contribution in [0.2, 0.25) is 0 Å². The lowest BCUT2D eigenvalue weighted by molar-refractivity contribution is 0.220. The van der Waals surface area contributed by atoms with E-state index in [1.54, 1.807) is 6.20 Å². The van der Waals surface area contributed by atoms with Gasteiger partial charge in [-0.05, 0) is 33.9 Å². The summed E-state index contributed by atoms with van der Waals surface area (Å²) in [5, 5.41) is 3.62. The summed E-state index contributed by atoms with van der Waals surface area (Å²) in [6, 6.07) is 0. The lowest BCUT2D eigenvalue weighted by atomic mass is 10.2. The van der Waals surface area contributed by atoms with Gasteiger partial charge >= 0.3 is 0 Å². The zero-order chi connectivity index (χ0) is 9.90. The molecule has 0 fully saturated rings. The van der Waals surface area contributed by atoms with Gasteiger partial charge < -0.3 is 5.32 Å². The molecule has 0 radical (unpaired) electrons. The molecule has 0 aliphatic rings.